The van der Waals surface area contributed by atoms with Crippen LogP contribution in [0.5, 0.6) is 0 Å². The molecule has 0 radical (unpaired) electrons. The third-order valence-corrected chi connectivity index (χ3v) is 2.40. The molecule has 0 aliphatic heterocycles. The van der Waals surface area contributed by atoms with E-state index < -0.39 is 36.2 Å². The normalized spacial score (nSPS) is 17.1. The SMILES string of the molecule is O=NC(C(=O)O)C(O)C(N=O)C(O)C(=O)NSCl. The van der Waals surface area contributed by atoms with E-state index in [-0.39, 0.29) is 11.2 Å². The summed E-state index contributed by atoms with van der Waals surface area (Å²) in [4.78, 5) is 42.2. The topological polar surface area (TPSA) is 166 Å². The predicted molar refractivity (Wildman–Crippen MR) is 60.4 cm³/mol. The van der Waals surface area contributed by atoms with Crippen LogP contribution >= 0.6 is 21.8 Å². The predicted octanol–water partition coefficient (Wildman–Crippen LogP) is -1.02. The molecule has 0 heterocycles. The zero-order valence-electron chi connectivity index (χ0n) is 8.46. The molecule has 0 spiro atoms. The maximum absolute atomic E-state index is 11.1. The first-order chi connectivity index (χ1) is 8.40. The van der Waals surface area contributed by atoms with Gasteiger partial charge in [-0.15, -0.1) is 4.91 Å². The van der Waals surface area contributed by atoms with Crippen molar-refractivity contribution in [3.8, 4) is 0 Å². The average molecular weight is 302 g/mol. The van der Waals surface area contributed by atoms with Gasteiger partial charge in [0.2, 0.25) is 6.04 Å². The molecule has 1 amide bonds. The van der Waals surface area contributed by atoms with Gasteiger partial charge in [-0.3, -0.25) is 9.52 Å². The monoisotopic (exact) mass is 301 g/mol. The summed E-state index contributed by atoms with van der Waals surface area (Å²) in [5.41, 5.74) is 0. The lowest BCUT2D eigenvalue weighted by Crippen LogP contribution is -2.50. The van der Waals surface area contributed by atoms with E-state index in [1.807, 2.05) is 4.72 Å². The summed E-state index contributed by atoms with van der Waals surface area (Å²) >= 11 is 0.284. The molecule has 0 saturated carbocycles. The number of aliphatic carboxylic acids is 1. The Labute approximate surface area is 108 Å². The second-order valence-electron chi connectivity index (χ2n) is 2.96. The molecule has 102 valence electrons. The Bertz CT molecular complexity index is 343. The number of hydrogen-bond donors (Lipinski definition) is 4. The lowest BCUT2D eigenvalue weighted by atomic mass is 9.99. The molecule has 0 aromatic carbocycles. The number of carbonyl (C=O) groups is 2. The number of carbonyl (C=O) groups excluding carboxylic acids is 1. The lowest BCUT2D eigenvalue weighted by molar-refractivity contribution is -0.143. The van der Waals surface area contributed by atoms with Crippen LogP contribution in [0.15, 0.2) is 10.4 Å². The fourth-order valence-corrected chi connectivity index (χ4v) is 1.43. The van der Waals surface area contributed by atoms with Crippen LogP contribution in [0.2, 0.25) is 0 Å². The van der Waals surface area contributed by atoms with E-state index in [1.54, 1.807) is 0 Å². The number of halogens is 1. The number of nitrogens with one attached hydrogen (secondary N) is 1. The van der Waals surface area contributed by atoms with Gasteiger partial charge in [0.1, 0.15) is 6.10 Å². The van der Waals surface area contributed by atoms with Crippen LogP contribution in [0.4, 0.5) is 0 Å². The van der Waals surface area contributed by atoms with Crippen molar-refractivity contribution in [3.63, 3.8) is 0 Å². The highest BCUT2D eigenvalue weighted by molar-refractivity contribution is 8.19. The van der Waals surface area contributed by atoms with Crippen LogP contribution in [0, 0.1) is 9.81 Å². The minimum absolute atomic E-state index is 0.284. The van der Waals surface area contributed by atoms with Crippen molar-refractivity contribution in [2.45, 2.75) is 24.3 Å². The Morgan fingerprint density at radius 1 is 1.22 bits per heavy atom. The molecule has 12 heteroatoms. The molecule has 0 fully saturated rings. The van der Waals surface area contributed by atoms with Gasteiger partial charge in [-0.05, 0) is 10.7 Å². The van der Waals surface area contributed by atoms with Gasteiger partial charge >= 0.3 is 5.97 Å². The van der Waals surface area contributed by atoms with Crippen molar-refractivity contribution in [2.75, 3.05) is 0 Å². The third kappa shape index (κ3) is 4.18. The lowest BCUT2D eigenvalue weighted by Gasteiger charge is -2.21. The van der Waals surface area contributed by atoms with Crippen LogP contribution in [0.1, 0.15) is 0 Å². The molecule has 0 aliphatic carbocycles. The van der Waals surface area contributed by atoms with Crippen LogP contribution in [0.25, 0.3) is 0 Å². The number of aliphatic hydroxyl groups excluding tert-OH is 2. The standard InChI is InChI=1S/C6H8ClN3O7S/c7-18-10-5(13)4(12)1(8-16)3(11)2(9-17)6(14)15/h1-4,11-12H,(H,10,13)(H,14,15). The smallest absolute Gasteiger partial charge is 0.334 e. The first kappa shape index (κ1) is 16.7. The molecule has 0 saturated heterocycles. The quantitative estimate of drug-likeness (QED) is 0.326. The number of hydrogen-bond acceptors (Lipinski definition) is 9. The zero-order chi connectivity index (χ0) is 14.3. The van der Waals surface area contributed by atoms with Gasteiger partial charge in [0, 0.05) is 0 Å². The Morgan fingerprint density at radius 2 is 1.78 bits per heavy atom. The first-order valence-corrected chi connectivity index (χ1v) is 5.86. The number of nitroso groups, excluding NO2 is 2. The van der Waals surface area contributed by atoms with Crippen molar-refractivity contribution in [3.05, 3.63) is 9.81 Å². The van der Waals surface area contributed by atoms with Gasteiger partial charge in [0.05, 0.1) is 11.2 Å². The zero-order valence-corrected chi connectivity index (χ0v) is 10.0. The van der Waals surface area contributed by atoms with Gasteiger partial charge in [-0.25, -0.2) is 4.79 Å². The van der Waals surface area contributed by atoms with E-state index in [0.717, 1.165) is 0 Å². The molecule has 0 rings (SSSR count). The fraction of sp³-hybridized carbons (Fsp3) is 0.667. The number of rotatable bonds is 8. The highest BCUT2D eigenvalue weighted by atomic mass is 35.7. The van der Waals surface area contributed by atoms with Gasteiger partial charge in [0.15, 0.2) is 12.1 Å². The summed E-state index contributed by atoms with van der Waals surface area (Å²) in [6.07, 6.45) is -4.43. The Morgan fingerprint density at radius 3 is 2.11 bits per heavy atom. The first-order valence-electron chi connectivity index (χ1n) is 4.22. The molecule has 0 aromatic rings. The molecular formula is C6H8ClN3O7S. The van der Waals surface area contributed by atoms with Crippen molar-refractivity contribution >= 4 is 33.7 Å². The van der Waals surface area contributed by atoms with Crippen LogP contribution in [-0.4, -0.2) is 51.5 Å². The Balaban J connectivity index is 4.95. The molecule has 4 N–H and O–H groups in total. The number of amides is 1. The Hall–Kier alpha value is -1.30. The number of aliphatic hydroxyl groups is 2. The van der Waals surface area contributed by atoms with E-state index in [4.69, 9.17) is 15.8 Å². The molecule has 0 aliphatic rings. The second kappa shape index (κ2) is 7.92. The summed E-state index contributed by atoms with van der Waals surface area (Å²) in [7, 11) is 5.05. The van der Waals surface area contributed by atoms with Crippen LogP contribution < -0.4 is 4.72 Å². The van der Waals surface area contributed by atoms with E-state index in [1.165, 1.54) is 0 Å². The molecule has 0 aromatic heterocycles. The highest BCUT2D eigenvalue weighted by Crippen LogP contribution is 2.13. The number of nitrogens with zero attached hydrogens (tertiary/aromatic N) is 2. The van der Waals surface area contributed by atoms with E-state index >= 15 is 0 Å². The number of carboxylic acid groups (broad SMARTS) is 1. The maximum Gasteiger partial charge on any atom is 0.334 e. The van der Waals surface area contributed by atoms with Crippen molar-refractivity contribution < 1.29 is 24.9 Å². The molecule has 10 nitrogen and oxygen atoms in total. The molecule has 18 heavy (non-hydrogen) atoms. The average Bonchev–Trinajstić information content (AvgIpc) is 2.30. The largest absolute Gasteiger partial charge is 0.479 e. The van der Waals surface area contributed by atoms with Crippen LogP contribution in [0.3, 0.4) is 0 Å². The summed E-state index contributed by atoms with van der Waals surface area (Å²) < 4.78 is 1.83. The molecule has 4 unspecified atom stereocenters. The fourth-order valence-electron chi connectivity index (χ4n) is 1.00. The summed E-state index contributed by atoms with van der Waals surface area (Å²) in [5, 5.41) is 31.5. The van der Waals surface area contributed by atoms with Crippen molar-refractivity contribution in [1.82, 2.24) is 4.72 Å². The van der Waals surface area contributed by atoms with E-state index in [2.05, 4.69) is 10.4 Å². The van der Waals surface area contributed by atoms with E-state index in [0.29, 0.717) is 0 Å². The minimum atomic E-state index is -2.25. The summed E-state index contributed by atoms with van der Waals surface area (Å²) in [5.74, 6) is -3.01. The number of carboxylic acids is 1. The van der Waals surface area contributed by atoms with E-state index in [9.17, 15) is 29.6 Å². The van der Waals surface area contributed by atoms with Gasteiger partial charge < -0.3 is 15.3 Å². The third-order valence-electron chi connectivity index (χ3n) is 1.89. The molecular weight excluding hydrogens is 294 g/mol. The summed E-state index contributed by atoms with van der Waals surface area (Å²) in [6.45, 7) is 0. The molecule has 4 atom stereocenters. The Kier molecular flexibility index (Phi) is 7.35. The second-order valence-corrected chi connectivity index (χ2v) is 3.78. The van der Waals surface area contributed by atoms with Gasteiger partial charge in [-0.2, -0.15) is 4.91 Å². The van der Waals surface area contributed by atoms with Gasteiger partial charge in [-0.1, -0.05) is 10.4 Å². The van der Waals surface area contributed by atoms with Crippen molar-refractivity contribution in [2.24, 2.45) is 10.4 Å². The highest BCUT2D eigenvalue weighted by Gasteiger charge is 2.41. The maximum atomic E-state index is 11.1. The summed E-state index contributed by atoms with van der Waals surface area (Å²) in [6, 6.07) is -4.31. The van der Waals surface area contributed by atoms with Crippen LogP contribution in [-0.2, 0) is 9.59 Å². The van der Waals surface area contributed by atoms with Gasteiger partial charge in [0.25, 0.3) is 5.91 Å². The molecule has 0 bridgehead atoms. The minimum Gasteiger partial charge on any atom is -0.479 e. The van der Waals surface area contributed by atoms with Crippen molar-refractivity contribution in [1.29, 1.82) is 0 Å².